The van der Waals surface area contributed by atoms with Crippen molar-refractivity contribution in [2.45, 2.75) is 27.2 Å². The molecule has 1 rings (SSSR count). The van der Waals surface area contributed by atoms with Gasteiger partial charge in [-0.25, -0.2) is 0 Å². The molecule has 1 aromatic rings. The van der Waals surface area contributed by atoms with E-state index < -0.39 is 0 Å². The van der Waals surface area contributed by atoms with Crippen LogP contribution in [-0.4, -0.2) is 29.8 Å². The molecular formula is C10H20N4S. The summed E-state index contributed by atoms with van der Waals surface area (Å²) < 4.78 is 0. The van der Waals surface area contributed by atoms with Crippen LogP contribution in [0.4, 0.5) is 5.13 Å². The second kappa shape index (κ2) is 5.42. The van der Waals surface area contributed by atoms with E-state index in [1.165, 1.54) is 0 Å². The number of aromatic nitrogens is 2. The number of hydrogen-bond donors (Lipinski definition) is 1. The third-order valence-corrected chi connectivity index (χ3v) is 3.03. The molecule has 0 bridgehead atoms. The monoisotopic (exact) mass is 228 g/mol. The molecule has 0 aliphatic rings. The minimum Gasteiger partial charge on any atom is -0.346 e. The molecule has 0 amide bonds. The van der Waals surface area contributed by atoms with Crippen LogP contribution in [0.3, 0.4) is 0 Å². The van der Waals surface area contributed by atoms with E-state index in [0.717, 1.165) is 24.6 Å². The fourth-order valence-corrected chi connectivity index (χ4v) is 1.99. The van der Waals surface area contributed by atoms with Gasteiger partial charge in [0.25, 0.3) is 0 Å². The molecule has 5 heteroatoms. The molecule has 0 aliphatic heterocycles. The zero-order chi connectivity index (χ0) is 11.3. The molecule has 0 atom stereocenters. The van der Waals surface area contributed by atoms with Crippen LogP contribution in [0, 0.1) is 5.41 Å². The van der Waals surface area contributed by atoms with Gasteiger partial charge in [-0.3, -0.25) is 0 Å². The molecule has 0 spiro atoms. The maximum Gasteiger partial charge on any atom is 0.208 e. The average Bonchev–Trinajstić information content (AvgIpc) is 2.70. The van der Waals surface area contributed by atoms with Crippen LogP contribution in [0.25, 0.3) is 0 Å². The van der Waals surface area contributed by atoms with Gasteiger partial charge in [-0.05, 0) is 18.4 Å². The summed E-state index contributed by atoms with van der Waals surface area (Å²) in [6.45, 7) is 9.16. The Kier molecular flexibility index (Phi) is 4.47. The molecule has 1 aromatic heterocycles. The maximum absolute atomic E-state index is 5.74. The quantitative estimate of drug-likeness (QED) is 0.806. The lowest BCUT2D eigenvalue weighted by Gasteiger charge is -2.31. The van der Waals surface area contributed by atoms with Crippen LogP contribution in [0.2, 0.25) is 0 Å². The molecule has 0 saturated carbocycles. The summed E-state index contributed by atoms with van der Waals surface area (Å²) >= 11 is 1.59. The van der Waals surface area contributed by atoms with Crippen molar-refractivity contribution in [3.05, 3.63) is 5.51 Å². The third-order valence-electron chi connectivity index (χ3n) is 2.28. The van der Waals surface area contributed by atoms with Gasteiger partial charge in [0.05, 0.1) is 0 Å². The predicted molar refractivity (Wildman–Crippen MR) is 65.2 cm³/mol. The second-order valence-electron chi connectivity index (χ2n) is 4.51. The highest BCUT2D eigenvalue weighted by molar-refractivity contribution is 7.13. The normalized spacial score (nSPS) is 11.7. The van der Waals surface area contributed by atoms with Crippen molar-refractivity contribution < 1.29 is 0 Å². The average molecular weight is 228 g/mol. The van der Waals surface area contributed by atoms with Gasteiger partial charge < -0.3 is 10.6 Å². The Hall–Kier alpha value is -0.680. The molecule has 0 fully saturated rings. The Morgan fingerprint density at radius 3 is 2.73 bits per heavy atom. The molecule has 15 heavy (non-hydrogen) atoms. The fraction of sp³-hybridized carbons (Fsp3) is 0.800. The molecule has 1 heterocycles. The molecular weight excluding hydrogens is 208 g/mol. The molecule has 0 radical (unpaired) electrons. The molecule has 0 aromatic carbocycles. The zero-order valence-electron chi connectivity index (χ0n) is 9.73. The van der Waals surface area contributed by atoms with Crippen LogP contribution in [-0.2, 0) is 0 Å². The van der Waals surface area contributed by atoms with Crippen LogP contribution in [0.15, 0.2) is 5.51 Å². The summed E-state index contributed by atoms with van der Waals surface area (Å²) in [6, 6.07) is 0. The number of anilines is 1. The molecule has 2 N–H and O–H groups in total. The van der Waals surface area contributed by atoms with Crippen molar-refractivity contribution in [1.82, 2.24) is 10.2 Å². The first kappa shape index (κ1) is 12.4. The Bertz CT molecular complexity index is 271. The summed E-state index contributed by atoms with van der Waals surface area (Å²) in [7, 11) is 0. The van der Waals surface area contributed by atoms with E-state index in [1.807, 2.05) is 0 Å². The minimum atomic E-state index is 0.126. The van der Waals surface area contributed by atoms with E-state index in [0.29, 0.717) is 6.54 Å². The lowest BCUT2D eigenvalue weighted by atomic mass is 9.93. The SMILES string of the molecule is CCCN(CC(C)(C)CN)c1nncs1. The van der Waals surface area contributed by atoms with Crippen molar-refractivity contribution in [3.63, 3.8) is 0 Å². The van der Waals surface area contributed by atoms with Crippen molar-refractivity contribution in [1.29, 1.82) is 0 Å². The Morgan fingerprint density at radius 1 is 1.53 bits per heavy atom. The van der Waals surface area contributed by atoms with Gasteiger partial charge in [0.15, 0.2) is 0 Å². The predicted octanol–water partition coefficient (Wildman–Crippen LogP) is 1.74. The second-order valence-corrected chi connectivity index (χ2v) is 5.32. The number of nitrogens with zero attached hydrogens (tertiary/aromatic N) is 3. The van der Waals surface area contributed by atoms with Crippen molar-refractivity contribution >= 4 is 16.5 Å². The zero-order valence-corrected chi connectivity index (χ0v) is 10.5. The number of rotatable bonds is 6. The van der Waals surface area contributed by atoms with E-state index in [4.69, 9.17) is 5.73 Å². The van der Waals surface area contributed by atoms with E-state index >= 15 is 0 Å². The van der Waals surface area contributed by atoms with Crippen molar-refractivity contribution in [2.24, 2.45) is 11.1 Å². The first-order valence-electron chi connectivity index (χ1n) is 5.30. The highest BCUT2D eigenvalue weighted by Gasteiger charge is 2.21. The van der Waals surface area contributed by atoms with Gasteiger partial charge in [-0.1, -0.05) is 32.1 Å². The lowest BCUT2D eigenvalue weighted by molar-refractivity contribution is 0.377. The van der Waals surface area contributed by atoms with E-state index in [9.17, 15) is 0 Å². The standard InChI is InChI=1S/C10H20N4S/c1-4-5-14(7-10(2,3)6-11)9-13-12-8-15-9/h8H,4-7,11H2,1-3H3. The van der Waals surface area contributed by atoms with E-state index in [1.54, 1.807) is 16.8 Å². The Morgan fingerprint density at radius 2 is 2.27 bits per heavy atom. The van der Waals surface area contributed by atoms with Crippen LogP contribution >= 0.6 is 11.3 Å². The first-order valence-corrected chi connectivity index (χ1v) is 6.18. The smallest absolute Gasteiger partial charge is 0.208 e. The van der Waals surface area contributed by atoms with Gasteiger partial charge in [0, 0.05) is 13.1 Å². The van der Waals surface area contributed by atoms with Crippen molar-refractivity contribution in [2.75, 3.05) is 24.5 Å². The maximum atomic E-state index is 5.74. The highest BCUT2D eigenvalue weighted by Crippen LogP contribution is 2.22. The Balaban J connectivity index is 2.67. The summed E-state index contributed by atoms with van der Waals surface area (Å²) in [5, 5.41) is 8.98. The molecule has 0 saturated heterocycles. The lowest BCUT2D eigenvalue weighted by Crippen LogP contribution is -2.39. The third kappa shape index (κ3) is 3.76. The number of nitrogens with two attached hydrogens (primary N) is 1. The summed E-state index contributed by atoms with van der Waals surface area (Å²) in [4.78, 5) is 2.27. The first-order chi connectivity index (χ1) is 7.09. The molecule has 0 unspecified atom stereocenters. The van der Waals surface area contributed by atoms with Gasteiger partial charge >= 0.3 is 0 Å². The molecule has 0 aliphatic carbocycles. The van der Waals surface area contributed by atoms with E-state index in [2.05, 4.69) is 35.9 Å². The van der Waals surface area contributed by atoms with Crippen LogP contribution < -0.4 is 10.6 Å². The highest BCUT2D eigenvalue weighted by atomic mass is 32.1. The fourth-order valence-electron chi connectivity index (χ4n) is 1.40. The summed E-state index contributed by atoms with van der Waals surface area (Å²) in [5.74, 6) is 0. The minimum absolute atomic E-state index is 0.126. The van der Waals surface area contributed by atoms with Crippen molar-refractivity contribution in [3.8, 4) is 0 Å². The Labute approximate surface area is 95.5 Å². The molecule has 4 nitrogen and oxygen atoms in total. The number of hydrogen-bond acceptors (Lipinski definition) is 5. The van der Waals surface area contributed by atoms with Gasteiger partial charge in [-0.2, -0.15) is 0 Å². The largest absolute Gasteiger partial charge is 0.346 e. The summed E-state index contributed by atoms with van der Waals surface area (Å²) in [5.41, 5.74) is 7.64. The van der Waals surface area contributed by atoms with Gasteiger partial charge in [-0.15, -0.1) is 10.2 Å². The van der Waals surface area contributed by atoms with Gasteiger partial charge in [0.2, 0.25) is 5.13 Å². The molecule has 86 valence electrons. The van der Waals surface area contributed by atoms with Crippen LogP contribution in [0.1, 0.15) is 27.2 Å². The van der Waals surface area contributed by atoms with Crippen LogP contribution in [0.5, 0.6) is 0 Å². The summed E-state index contributed by atoms with van der Waals surface area (Å²) in [6.07, 6.45) is 1.11. The van der Waals surface area contributed by atoms with Gasteiger partial charge in [0.1, 0.15) is 5.51 Å². The van der Waals surface area contributed by atoms with E-state index in [-0.39, 0.29) is 5.41 Å². The topological polar surface area (TPSA) is 55.0 Å².